The fourth-order valence-corrected chi connectivity index (χ4v) is 2.76. The maximum absolute atomic E-state index is 13.7. The van der Waals surface area contributed by atoms with Crippen LogP contribution < -0.4 is 0 Å². The molecule has 0 saturated heterocycles. The van der Waals surface area contributed by atoms with E-state index in [1.165, 1.54) is 6.07 Å². The van der Waals surface area contributed by atoms with Gasteiger partial charge in [-0.3, -0.25) is 4.79 Å². The maximum atomic E-state index is 13.7. The van der Waals surface area contributed by atoms with Gasteiger partial charge in [-0.25, -0.2) is 13.2 Å². The molecule has 1 aliphatic rings. The lowest BCUT2D eigenvalue weighted by atomic mass is 9.78. The SMILES string of the molecule is CCOC(=O)C1CCC(c2ccc(F)c(F)c2F)CC1. The van der Waals surface area contributed by atoms with Crippen LogP contribution in [0.4, 0.5) is 13.2 Å². The lowest BCUT2D eigenvalue weighted by molar-refractivity contribution is -0.149. The van der Waals surface area contributed by atoms with Gasteiger partial charge in [0.2, 0.25) is 0 Å². The summed E-state index contributed by atoms with van der Waals surface area (Å²) in [5, 5.41) is 0. The Balaban J connectivity index is 2.04. The molecular weight excluding hydrogens is 269 g/mol. The van der Waals surface area contributed by atoms with Crippen molar-refractivity contribution in [1.29, 1.82) is 0 Å². The minimum atomic E-state index is -1.42. The topological polar surface area (TPSA) is 26.3 Å². The first kappa shape index (κ1) is 14.9. The Morgan fingerprint density at radius 1 is 1.15 bits per heavy atom. The smallest absolute Gasteiger partial charge is 0.308 e. The predicted octanol–water partition coefficient (Wildman–Crippen LogP) is 3.94. The van der Waals surface area contributed by atoms with Crippen LogP contribution >= 0.6 is 0 Å². The van der Waals surface area contributed by atoms with Crippen LogP contribution in [0.15, 0.2) is 12.1 Å². The largest absolute Gasteiger partial charge is 0.466 e. The predicted molar refractivity (Wildman–Crippen MR) is 67.6 cm³/mol. The van der Waals surface area contributed by atoms with E-state index in [-0.39, 0.29) is 23.4 Å². The Kier molecular flexibility index (Phi) is 4.68. The van der Waals surface area contributed by atoms with Gasteiger partial charge >= 0.3 is 5.97 Å². The van der Waals surface area contributed by atoms with Crippen molar-refractivity contribution in [2.45, 2.75) is 38.5 Å². The Morgan fingerprint density at radius 3 is 2.40 bits per heavy atom. The highest BCUT2D eigenvalue weighted by molar-refractivity contribution is 5.72. The van der Waals surface area contributed by atoms with Gasteiger partial charge in [-0.1, -0.05) is 6.07 Å². The average Bonchev–Trinajstić information content (AvgIpc) is 2.45. The van der Waals surface area contributed by atoms with Crippen molar-refractivity contribution < 1.29 is 22.7 Å². The van der Waals surface area contributed by atoms with Crippen LogP contribution in [-0.2, 0) is 9.53 Å². The Hall–Kier alpha value is -1.52. The zero-order valence-electron chi connectivity index (χ0n) is 11.3. The molecule has 0 bridgehead atoms. The van der Waals surface area contributed by atoms with Gasteiger partial charge in [0.15, 0.2) is 17.5 Å². The van der Waals surface area contributed by atoms with Crippen LogP contribution in [0, 0.1) is 23.4 Å². The molecule has 1 aliphatic carbocycles. The average molecular weight is 286 g/mol. The molecule has 0 unspecified atom stereocenters. The molecule has 110 valence electrons. The first-order valence-electron chi connectivity index (χ1n) is 6.84. The van der Waals surface area contributed by atoms with Gasteiger partial charge < -0.3 is 4.74 Å². The fourth-order valence-electron chi connectivity index (χ4n) is 2.76. The molecule has 2 nitrogen and oxygen atoms in total. The third-order valence-electron chi connectivity index (χ3n) is 3.85. The second-order valence-corrected chi connectivity index (χ2v) is 5.07. The minimum absolute atomic E-state index is 0.167. The van der Waals surface area contributed by atoms with E-state index in [0.29, 0.717) is 32.3 Å². The molecule has 0 heterocycles. The van der Waals surface area contributed by atoms with E-state index < -0.39 is 17.5 Å². The molecule has 1 saturated carbocycles. The molecule has 0 radical (unpaired) electrons. The number of hydrogen-bond acceptors (Lipinski definition) is 2. The fraction of sp³-hybridized carbons (Fsp3) is 0.533. The van der Waals surface area contributed by atoms with Crippen LogP contribution in [-0.4, -0.2) is 12.6 Å². The summed E-state index contributed by atoms with van der Waals surface area (Å²) in [7, 11) is 0. The summed E-state index contributed by atoms with van der Waals surface area (Å²) in [6, 6.07) is 2.24. The zero-order valence-corrected chi connectivity index (χ0v) is 11.3. The van der Waals surface area contributed by atoms with Crippen molar-refractivity contribution in [3.8, 4) is 0 Å². The van der Waals surface area contributed by atoms with Crippen LogP contribution in [0.25, 0.3) is 0 Å². The molecule has 0 spiro atoms. The van der Waals surface area contributed by atoms with E-state index in [1.807, 2.05) is 0 Å². The first-order chi connectivity index (χ1) is 9.54. The summed E-state index contributed by atoms with van der Waals surface area (Å²) in [6.45, 7) is 2.09. The molecule has 20 heavy (non-hydrogen) atoms. The number of esters is 1. The minimum Gasteiger partial charge on any atom is -0.466 e. The standard InChI is InChI=1S/C15H17F3O2/c1-2-20-15(19)10-5-3-9(4-6-10)11-7-8-12(16)14(18)13(11)17/h7-10H,2-6H2,1H3. The van der Waals surface area contributed by atoms with E-state index >= 15 is 0 Å². The molecule has 0 N–H and O–H groups in total. The van der Waals surface area contributed by atoms with Crippen LogP contribution in [0.1, 0.15) is 44.1 Å². The molecule has 1 aromatic carbocycles. The summed E-state index contributed by atoms with van der Waals surface area (Å²) in [4.78, 5) is 11.6. The maximum Gasteiger partial charge on any atom is 0.308 e. The molecule has 0 atom stereocenters. The molecular formula is C15H17F3O2. The van der Waals surface area contributed by atoms with Crippen molar-refractivity contribution in [1.82, 2.24) is 0 Å². The summed E-state index contributed by atoms with van der Waals surface area (Å²) in [5.41, 5.74) is 0.200. The number of carbonyl (C=O) groups is 1. The van der Waals surface area contributed by atoms with Gasteiger partial charge in [-0.15, -0.1) is 0 Å². The van der Waals surface area contributed by atoms with Gasteiger partial charge in [-0.2, -0.15) is 0 Å². The highest BCUT2D eigenvalue weighted by atomic mass is 19.2. The first-order valence-corrected chi connectivity index (χ1v) is 6.84. The van der Waals surface area contributed by atoms with Crippen molar-refractivity contribution in [2.75, 3.05) is 6.61 Å². The summed E-state index contributed by atoms with van der Waals surface area (Å²) < 4.78 is 44.8. The van der Waals surface area contributed by atoms with Gasteiger partial charge in [-0.05, 0) is 50.2 Å². The lowest BCUT2D eigenvalue weighted by Crippen LogP contribution is -2.23. The van der Waals surface area contributed by atoms with E-state index in [2.05, 4.69) is 0 Å². The number of carbonyl (C=O) groups excluding carboxylic acids is 1. The van der Waals surface area contributed by atoms with Gasteiger partial charge in [0.05, 0.1) is 12.5 Å². The van der Waals surface area contributed by atoms with Crippen molar-refractivity contribution >= 4 is 5.97 Å². The molecule has 1 fully saturated rings. The molecule has 2 rings (SSSR count). The third-order valence-corrected chi connectivity index (χ3v) is 3.85. The van der Waals surface area contributed by atoms with Crippen LogP contribution in [0.5, 0.6) is 0 Å². The second kappa shape index (κ2) is 6.29. The number of hydrogen-bond donors (Lipinski definition) is 0. The third kappa shape index (κ3) is 2.97. The van der Waals surface area contributed by atoms with Crippen LogP contribution in [0.2, 0.25) is 0 Å². The highest BCUT2D eigenvalue weighted by Gasteiger charge is 2.30. The Bertz CT molecular complexity index is 494. The van der Waals surface area contributed by atoms with E-state index in [1.54, 1.807) is 6.92 Å². The summed E-state index contributed by atoms with van der Waals surface area (Å²) in [6.07, 6.45) is 2.32. The zero-order chi connectivity index (χ0) is 14.7. The van der Waals surface area contributed by atoms with Gasteiger partial charge in [0, 0.05) is 0 Å². The quantitative estimate of drug-likeness (QED) is 0.621. The number of ether oxygens (including phenoxy) is 1. The molecule has 0 aliphatic heterocycles. The number of benzene rings is 1. The monoisotopic (exact) mass is 286 g/mol. The lowest BCUT2D eigenvalue weighted by Gasteiger charge is -2.27. The van der Waals surface area contributed by atoms with E-state index in [0.717, 1.165) is 6.07 Å². The normalized spacial score (nSPS) is 22.6. The number of halogens is 3. The van der Waals surface area contributed by atoms with Gasteiger partial charge in [0.25, 0.3) is 0 Å². The molecule has 0 aromatic heterocycles. The molecule has 0 amide bonds. The molecule has 5 heteroatoms. The van der Waals surface area contributed by atoms with Crippen molar-refractivity contribution in [3.63, 3.8) is 0 Å². The Labute approximate surface area is 115 Å². The summed E-state index contributed by atoms with van der Waals surface area (Å²) >= 11 is 0. The van der Waals surface area contributed by atoms with E-state index in [4.69, 9.17) is 4.74 Å². The van der Waals surface area contributed by atoms with Crippen molar-refractivity contribution in [3.05, 3.63) is 35.1 Å². The summed E-state index contributed by atoms with van der Waals surface area (Å²) in [5.74, 6) is -4.27. The highest BCUT2D eigenvalue weighted by Crippen LogP contribution is 2.37. The van der Waals surface area contributed by atoms with Crippen molar-refractivity contribution in [2.24, 2.45) is 5.92 Å². The second-order valence-electron chi connectivity index (χ2n) is 5.07. The Morgan fingerprint density at radius 2 is 1.80 bits per heavy atom. The van der Waals surface area contributed by atoms with Crippen LogP contribution in [0.3, 0.4) is 0 Å². The van der Waals surface area contributed by atoms with Gasteiger partial charge in [0.1, 0.15) is 0 Å². The molecule has 1 aromatic rings. The number of rotatable bonds is 3. The van der Waals surface area contributed by atoms with E-state index in [9.17, 15) is 18.0 Å².